The Bertz CT molecular complexity index is 358. The molecule has 1 N–H and O–H groups in total. The fourth-order valence-electron chi connectivity index (χ4n) is 1.05. The molecule has 0 unspecified atom stereocenters. The Morgan fingerprint density at radius 1 is 1.36 bits per heavy atom. The second-order valence-electron chi connectivity index (χ2n) is 2.33. The van der Waals surface area contributed by atoms with Crippen molar-refractivity contribution in [2.45, 2.75) is 0 Å². The van der Waals surface area contributed by atoms with Crippen LogP contribution in [0.15, 0.2) is 24.4 Å². The third-order valence-electron chi connectivity index (χ3n) is 1.59. The van der Waals surface area contributed by atoms with Crippen LogP contribution in [0.25, 0.3) is 10.9 Å². The molecule has 0 fully saturated rings. The molecule has 0 aliphatic heterocycles. The van der Waals surface area contributed by atoms with Crippen LogP contribution < -0.4 is 0 Å². The summed E-state index contributed by atoms with van der Waals surface area (Å²) in [5.41, 5.74) is 0.770. The van der Waals surface area contributed by atoms with Gasteiger partial charge in [-0.15, -0.1) is 0 Å². The topological polar surface area (TPSA) is 15.8 Å². The highest BCUT2D eigenvalue weighted by Gasteiger charge is 2.01. The van der Waals surface area contributed by atoms with E-state index in [0.29, 0.717) is 0 Å². The molecule has 11 heavy (non-hydrogen) atoms. The van der Waals surface area contributed by atoms with Gasteiger partial charge in [-0.25, -0.2) is 4.39 Å². The zero-order valence-electron chi connectivity index (χ0n) is 5.57. The van der Waals surface area contributed by atoms with E-state index in [-0.39, 0.29) is 10.8 Å². The van der Waals surface area contributed by atoms with Gasteiger partial charge in [0.05, 0.1) is 5.02 Å². The van der Waals surface area contributed by atoms with E-state index in [9.17, 15) is 4.39 Å². The Morgan fingerprint density at radius 3 is 3.00 bits per heavy atom. The first-order valence-electron chi connectivity index (χ1n) is 3.19. The lowest BCUT2D eigenvalue weighted by molar-refractivity contribution is 0.630. The lowest BCUT2D eigenvalue weighted by Crippen LogP contribution is -1.75. The zero-order valence-corrected chi connectivity index (χ0v) is 6.32. The van der Waals surface area contributed by atoms with Crippen molar-refractivity contribution in [2.24, 2.45) is 0 Å². The second-order valence-corrected chi connectivity index (χ2v) is 2.74. The molecule has 0 atom stereocenters. The molecule has 2 rings (SSSR count). The van der Waals surface area contributed by atoms with Crippen LogP contribution in [0, 0.1) is 5.82 Å². The average molecular weight is 170 g/mol. The highest BCUT2D eigenvalue weighted by molar-refractivity contribution is 6.31. The van der Waals surface area contributed by atoms with E-state index in [1.807, 2.05) is 6.07 Å². The van der Waals surface area contributed by atoms with E-state index in [1.54, 1.807) is 12.3 Å². The van der Waals surface area contributed by atoms with E-state index < -0.39 is 0 Å². The molecule has 0 aliphatic carbocycles. The first kappa shape index (κ1) is 6.68. The van der Waals surface area contributed by atoms with E-state index in [2.05, 4.69) is 4.98 Å². The minimum atomic E-state index is -0.387. The van der Waals surface area contributed by atoms with Gasteiger partial charge >= 0.3 is 0 Å². The van der Waals surface area contributed by atoms with E-state index in [0.717, 1.165) is 10.9 Å². The van der Waals surface area contributed by atoms with Crippen molar-refractivity contribution < 1.29 is 4.39 Å². The smallest absolute Gasteiger partial charge is 0.143 e. The molecule has 0 spiro atoms. The predicted molar refractivity (Wildman–Crippen MR) is 43.3 cm³/mol. The monoisotopic (exact) mass is 169 g/mol. The SMILES string of the molecule is Fc1cc2[nH]ccc2cc1Cl. The molecule has 0 saturated carbocycles. The van der Waals surface area contributed by atoms with Crippen LogP contribution in [0.1, 0.15) is 0 Å². The summed E-state index contributed by atoms with van der Waals surface area (Å²) in [6, 6.07) is 4.83. The molecule has 1 aromatic heterocycles. The van der Waals surface area contributed by atoms with Crippen LogP contribution in [0.3, 0.4) is 0 Å². The van der Waals surface area contributed by atoms with E-state index in [4.69, 9.17) is 11.6 Å². The van der Waals surface area contributed by atoms with Gasteiger partial charge in [-0.2, -0.15) is 0 Å². The number of fused-ring (bicyclic) bond motifs is 1. The van der Waals surface area contributed by atoms with Crippen LogP contribution in [0.4, 0.5) is 4.39 Å². The number of hydrogen-bond donors (Lipinski definition) is 1. The van der Waals surface area contributed by atoms with Crippen LogP contribution in [-0.2, 0) is 0 Å². The summed E-state index contributed by atoms with van der Waals surface area (Å²) < 4.78 is 12.8. The zero-order chi connectivity index (χ0) is 7.84. The Hall–Kier alpha value is -1.02. The van der Waals surface area contributed by atoms with Crippen molar-refractivity contribution in [3.05, 3.63) is 35.2 Å². The van der Waals surface area contributed by atoms with E-state index >= 15 is 0 Å². The minimum Gasteiger partial charge on any atom is -0.361 e. The molecular weight excluding hydrogens is 165 g/mol. The number of nitrogens with one attached hydrogen (secondary N) is 1. The number of aromatic amines is 1. The van der Waals surface area contributed by atoms with Gasteiger partial charge in [-0.1, -0.05) is 11.6 Å². The fraction of sp³-hybridized carbons (Fsp3) is 0. The van der Waals surface area contributed by atoms with Gasteiger partial charge in [0.25, 0.3) is 0 Å². The van der Waals surface area contributed by atoms with Gasteiger partial charge in [0.2, 0.25) is 0 Å². The molecule has 3 heteroatoms. The molecule has 0 saturated heterocycles. The molecule has 1 nitrogen and oxygen atoms in total. The van der Waals surface area contributed by atoms with Crippen LogP contribution >= 0.6 is 11.6 Å². The minimum absolute atomic E-state index is 0.164. The van der Waals surface area contributed by atoms with Gasteiger partial charge in [-0.3, -0.25) is 0 Å². The van der Waals surface area contributed by atoms with Crippen molar-refractivity contribution in [2.75, 3.05) is 0 Å². The molecule has 0 aliphatic rings. The van der Waals surface area contributed by atoms with Gasteiger partial charge in [0, 0.05) is 17.1 Å². The normalized spacial score (nSPS) is 10.7. The van der Waals surface area contributed by atoms with Crippen molar-refractivity contribution in [1.82, 2.24) is 4.98 Å². The van der Waals surface area contributed by atoms with Crippen molar-refractivity contribution in [3.63, 3.8) is 0 Å². The van der Waals surface area contributed by atoms with Gasteiger partial charge in [-0.05, 0) is 18.2 Å². The maximum atomic E-state index is 12.8. The standard InChI is InChI=1S/C8H5ClFN/c9-6-3-5-1-2-11-8(5)4-7(6)10/h1-4,11H. The van der Waals surface area contributed by atoms with Gasteiger partial charge in [0.15, 0.2) is 0 Å². The van der Waals surface area contributed by atoms with E-state index in [1.165, 1.54) is 6.07 Å². The molecule has 56 valence electrons. The van der Waals surface area contributed by atoms with Crippen molar-refractivity contribution >= 4 is 22.5 Å². The molecular formula is C8H5ClFN. The Morgan fingerprint density at radius 2 is 2.18 bits per heavy atom. The molecule has 1 heterocycles. The lowest BCUT2D eigenvalue weighted by atomic mass is 10.2. The summed E-state index contributed by atoms with van der Waals surface area (Å²) in [5, 5.41) is 1.09. The second kappa shape index (κ2) is 2.24. The maximum Gasteiger partial charge on any atom is 0.143 e. The molecule has 0 radical (unpaired) electrons. The molecule has 2 aromatic rings. The quantitative estimate of drug-likeness (QED) is 0.624. The Kier molecular flexibility index (Phi) is 1.36. The third-order valence-corrected chi connectivity index (χ3v) is 1.88. The summed E-state index contributed by atoms with van der Waals surface area (Å²) >= 11 is 5.56. The van der Waals surface area contributed by atoms with Crippen LogP contribution in [0.2, 0.25) is 5.02 Å². The van der Waals surface area contributed by atoms with Crippen LogP contribution in [0.5, 0.6) is 0 Å². The van der Waals surface area contributed by atoms with Crippen molar-refractivity contribution in [1.29, 1.82) is 0 Å². The maximum absolute atomic E-state index is 12.8. The largest absolute Gasteiger partial charge is 0.361 e. The summed E-state index contributed by atoms with van der Waals surface area (Å²) in [7, 11) is 0. The highest BCUT2D eigenvalue weighted by atomic mass is 35.5. The number of hydrogen-bond acceptors (Lipinski definition) is 0. The average Bonchev–Trinajstić information content (AvgIpc) is 2.36. The summed E-state index contributed by atoms with van der Waals surface area (Å²) in [6.07, 6.45) is 1.75. The Labute approximate surface area is 67.8 Å². The fourth-order valence-corrected chi connectivity index (χ4v) is 1.22. The molecule has 0 amide bonds. The number of benzene rings is 1. The molecule has 0 bridgehead atoms. The molecule has 1 aromatic carbocycles. The lowest BCUT2D eigenvalue weighted by Gasteiger charge is -1.93. The highest BCUT2D eigenvalue weighted by Crippen LogP contribution is 2.21. The van der Waals surface area contributed by atoms with Crippen LogP contribution in [-0.4, -0.2) is 4.98 Å². The first-order valence-corrected chi connectivity index (χ1v) is 3.57. The summed E-state index contributed by atoms with van der Waals surface area (Å²) in [4.78, 5) is 2.89. The number of halogens is 2. The predicted octanol–water partition coefficient (Wildman–Crippen LogP) is 2.96. The first-order chi connectivity index (χ1) is 5.27. The number of aromatic nitrogens is 1. The summed E-state index contributed by atoms with van der Waals surface area (Å²) in [5.74, 6) is -0.387. The van der Waals surface area contributed by atoms with Gasteiger partial charge in [0.1, 0.15) is 5.82 Å². The summed E-state index contributed by atoms with van der Waals surface area (Å²) in [6.45, 7) is 0. The number of rotatable bonds is 0. The number of H-pyrrole nitrogens is 1. The van der Waals surface area contributed by atoms with Gasteiger partial charge < -0.3 is 4.98 Å². The Balaban J connectivity index is 2.86. The third kappa shape index (κ3) is 0.994. The van der Waals surface area contributed by atoms with Crippen molar-refractivity contribution in [3.8, 4) is 0 Å².